The van der Waals surface area contributed by atoms with Crippen LogP contribution in [0.15, 0.2) is 15.3 Å². The van der Waals surface area contributed by atoms with Crippen molar-refractivity contribution in [1.29, 1.82) is 0 Å². The lowest BCUT2D eigenvalue weighted by atomic mass is 10.3. The van der Waals surface area contributed by atoms with Gasteiger partial charge in [-0.25, -0.2) is 4.79 Å². The van der Waals surface area contributed by atoms with Gasteiger partial charge in [0, 0.05) is 6.07 Å². The highest BCUT2D eigenvalue weighted by molar-refractivity contribution is 9.10. The van der Waals surface area contributed by atoms with Crippen molar-refractivity contribution < 1.29 is 14.5 Å². The van der Waals surface area contributed by atoms with Crippen LogP contribution < -0.4 is 5.56 Å². The van der Waals surface area contributed by atoms with E-state index >= 15 is 0 Å². The first-order chi connectivity index (χ1) is 6.97. The summed E-state index contributed by atoms with van der Waals surface area (Å²) >= 11 is 2.82. The monoisotopic (exact) mass is 276 g/mol. The van der Waals surface area contributed by atoms with Gasteiger partial charge in [-0.2, -0.15) is 0 Å². The number of pyridine rings is 1. The van der Waals surface area contributed by atoms with E-state index in [0.717, 1.165) is 13.2 Å². The van der Waals surface area contributed by atoms with Gasteiger partial charge in [-0.05, 0) is 15.9 Å². The third-order valence-electron chi connectivity index (χ3n) is 1.56. The van der Waals surface area contributed by atoms with Crippen LogP contribution in [0.4, 0.5) is 5.69 Å². The molecule has 0 saturated heterocycles. The number of carbonyl (C=O) groups excluding carboxylic acids is 1. The maximum atomic E-state index is 11.1. The zero-order chi connectivity index (χ0) is 11.6. The van der Waals surface area contributed by atoms with Crippen molar-refractivity contribution in [2.24, 2.45) is 0 Å². The number of hydrogen-bond donors (Lipinski definition) is 1. The Kier molecular flexibility index (Phi) is 3.20. The maximum absolute atomic E-state index is 11.1. The molecule has 1 heterocycles. The predicted octanol–water partition coefficient (Wildman–Crippen LogP) is 0.832. The number of aromatic amines is 1. The Hall–Kier alpha value is -1.70. The lowest BCUT2D eigenvalue weighted by Crippen LogP contribution is -2.17. The molecule has 0 atom stereocenters. The number of esters is 1. The molecular formula is C7H5BrN2O5. The van der Waals surface area contributed by atoms with Crippen LogP contribution in [0.2, 0.25) is 0 Å². The first kappa shape index (κ1) is 11.4. The van der Waals surface area contributed by atoms with Gasteiger partial charge in [-0.1, -0.05) is 0 Å². The minimum atomic E-state index is -0.966. The molecule has 0 fully saturated rings. The number of hydrogen-bond acceptors (Lipinski definition) is 5. The summed E-state index contributed by atoms with van der Waals surface area (Å²) in [5, 5.41) is 10.6. The molecule has 0 radical (unpaired) electrons. The highest BCUT2D eigenvalue weighted by atomic mass is 79.9. The van der Waals surface area contributed by atoms with Crippen molar-refractivity contribution in [1.82, 2.24) is 4.98 Å². The van der Waals surface area contributed by atoms with Crippen LogP contribution in [0.25, 0.3) is 0 Å². The number of rotatable bonds is 2. The Morgan fingerprint density at radius 2 is 2.27 bits per heavy atom. The van der Waals surface area contributed by atoms with E-state index in [9.17, 15) is 19.7 Å². The normalized spacial score (nSPS) is 9.73. The molecular weight excluding hydrogens is 272 g/mol. The summed E-state index contributed by atoms with van der Waals surface area (Å²) in [6.45, 7) is 0. The van der Waals surface area contributed by atoms with Gasteiger partial charge in [0.2, 0.25) is 5.69 Å². The fourth-order valence-electron chi connectivity index (χ4n) is 0.897. The van der Waals surface area contributed by atoms with Gasteiger partial charge in [-0.3, -0.25) is 14.9 Å². The summed E-state index contributed by atoms with van der Waals surface area (Å²) < 4.78 is 4.27. The molecule has 0 aliphatic carbocycles. The molecule has 0 saturated carbocycles. The van der Waals surface area contributed by atoms with Gasteiger partial charge in [0.25, 0.3) is 5.56 Å². The van der Waals surface area contributed by atoms with E-state index in [1.54, 1.807) is 0 Å². The molecule has 1 aromatic heterocycles. The number of methoxy groups -OCH3 is 1. The number of H-pyrrole nitrogens is 1. The Morgan fingerprint density at radius 3 is 2.73 bits per heavy atom. The standard InChI is InChI=1S/C7H5BrN2O5/c1-15-7(12)5-4(10(13)14)2-3(8)6(11)9-5/h2H,1H3,(H,9,11). The second kappa shape index (κ2) is 4.22. The molecule has 0 bridgehead atoms. The zero-order valence-corrected chi connectivity index (χ0v) is 9.03. The quantitative estimate of drug-likeness (QED) is 0.490. The van der Waals surface area contributed by atoms with Crippen LogP contribution in [-0.4, -0.2) is 23.0 Å². The lowest BCUT2D eigenvalue weighted by Gasteiger charge is -2.00. The Morgan fingerprint density at radius 1 is 1.67 bits per heavy atom. The molecule has 1 aromatic rings. The smallest absolute Gasteiger partial charge is 0.361 e. The fraction of sp³-hybridized carbons (Fsp3) is 0.143. The van der Waals surface area contributed by atoms with Gasteiger partial charge in [0.05, 0.1) is 16.5 Å². The highest BCUT2D eigenvalue weighted by Gasteiger charge is 2.23. The van der Waals surface area contributed by atoms with Gasteiger partial charge in [0.1, 0.15) is 0 Å². The van der Waals surface area contributed by atoms with Gasteiger partial charge in [-0.15, -0.1) is 0 Å². The number of aromatic nitrogens is 1. The molecule has 0 aliphatic rings. The van der Waals surface area contributed by atoms with E-state index < -0.39 is 27.8 Å². The molecule has 80 valence electrons. The third-order valence-corrected chi connectivity index (χ3v) is 2.15. The van der Waals surface area contributed by atoms with Crippen LogP contribution in [-0.2, 0) is 4.74 Å². The second-order valence-electron chi connectivity index (χ2n) is 2.46. The summed E-state index contributed by atoms with van der Waals surface area (Å²) in [4.78, 5) is 34.0. The van der Waals surface area contributed by atoms with Crippen molar-refractivity contribution in [3.63, 3.8) is 0 Å². The summed E-state index contributed by atoms with van der Waals surface area (Å²) in [7, 11) is 1.06. The molecule has 1 rings (SSSR count). The molecule has 7 nitrogen and oxygen atoms in total. The zero-order valence-electron chi connectivity index (χ0n) is 7.44. The van der Waals surface area contributed by atoms with Crippen molar-refractivity contribution in [3.8, 4) is 0 Å². The van der Waals surface area contributed by atoms with E-state index in [2.05, 4.69) is 25.7 Å². The molecule has 0 unspecified atom stereocenters. The number of nitrogens with zero attached hydrogens (tertiary/aromatic N) is 1. The third kappa shape index (κ3) is 2.21. The Balaban J connectivity index is 3.48. The molecule has 0 aliphatic heterocycles. The molecule has 1 N–H and O–H groups in total. The van der Waals surface area contributed by atoms with E-state index in [1.165, 1.54) is 0 Å². The van der Waals surface area contributed by atoms with Crippen LogP contribution in [0, 0.1) is 10.1 Å². The largest absolute Gasteiger partial charge is 0.464 e. The first-order valence-corrected chi connectivity index (χ1v) is 4.42. The second-order valence-corrected chi connectivity index (χ2v) is 3.31. The minimum absolute atomic E-state index is 0.0261. The number of ether oxygens (including phenoxy) is 1. The average molecular weight is 277 g/mol. The summed E-state index contributed by atoms with van der Waals surface area (Å²) in [6.07, 6.45) is 0. The molecule has 0 spiro atoms. The Labute approximate surface area is 91.3 Å². The van der Waals surface area contributed by atoms with E-state index in [4.69, 9.17) is 0 Å². The first-order valence-electron chi connectivity index (χ1n) is 3.63. The van der Waals surface area contributed by atoms with Crippen LogP contribution >= 0.6 is 15.9 Å². The molecule has 8 heteroatoms. The van der Waals surface area contributed by atoms with Gasteiger partial charge >= 0.3 is 11.7 Å². The van der Waals surface area contributed by atoms with E-state index in [1.807, 2.05) is 0 Å². The van der Waals surface area contributed by atoms with Crippen LogP contribution in [0.5, 0.6) is 0 Å². The van der Waals surface area contributed by atoms with Crippen molar-refractivity contribution in [2.75, 3.05) is 7.11 Å². The van der Waals surface area contributed by atoms with Crippen molar-refractivity contribution in [2.45, 2.75) is 0 Å². The van der Waals surface area contributed by atoms with Crippen LogP contribution in [0.1, 0.15) is 10.5 Å². The topological polar surface area (TPSA) is 102 Å². The van der Waals surface area contributed by atoms with E-state index in [0.29, 0.717) is 0 Å². The van der Waals surface area contributed by atoms with Crippen LogP contribution in [0.3, 0.4) is 0 Å². The predicted molar refractivity (Wildman–Crippen MR) is 52.8 cm³/mol. The number of halogens is 1. The molecule has 15 heavy (non-hydrogen) atoms. The number of nitrogens with one attached hydrogen (secondary N) is 1. The Bertz CT molecular complexity index is 481. The summed E-state index contributed by atoms with van der Waals surface area (Å²) in [6, 6.07) is 0.949. The highest BCUT2D eigenvalue weighted by Crippen LogP contribution is 2.18. The summed E-state index contributed by atoms with van der Waals surface area (Å²) in [5.41, 5.74) is -1.63. The van der Waals surface area contributed by atoms with Crippen molar-refractivity contribution >= 4 is 27.6 Å². The van der Waals surface area contributed by atoms with Gasteiger partial charge in [0.15, 0.2) is 0 Å². The maximum Gasteiger partial charge on any atom is 0.361 e. The minimum Gasteiger partial charge on any atom is -0.464 e. The fourth-order valence-corrected chi connectivity index (χ4v) is 1.21. The summed E-state index contributed by atoms with van der Waals surface area (Å²) in [5.74, 6) is -0.966. The lowest BCUT2D eigenvalue weighted by molar-refractivity contribution is -0.385. The van der Waals surface area contributed by atoms with Crippen molar-refractivity contribution in [3.05, 3.63) is 36.7 Å². The molecule has 0 aromatic carbocycles. The van der Waals surface area contributed by atoms with E-state index in [-0.39, 0.29) is 4.47 Å². The molecule has 0 amide bonds. The SMILES string of the molecule is COC(=O)c1[nH]c(=O)c(Br)cc1[N+](=O)[O-]. The van der Waals surface area contributed by atoms with Gasteiger partial charge < -0.3 is 9.72 Å². The average Bonchev–Trinajstić information content (AvgIpc) is 2.20. The number of carbonyl (C=O) groups is 1. The number of nitro groups is 1.